The van der Waals surface area contributed by atoms with Crippen LogP contribution in [-0.4, -0.2) is 6.18 Å². The molecule has 0 radical (unpaired) electrons. The molecule has 0 saturated heterocycles. The highest BCUT2D eigenvalue weighted by Gasteiger charge is 2.43. The summed E-state index contributed by atoms with van der Waals surface area (Å²) in [4.78, 5) is 0. The Hall–Kier alpha value is -1.10. The van der Waals surface area contributed by atoms with Gasteiger partial charge in [0.25, 0.3) is 0 Å². The normalized spacial score (nSPS) is 26.2. The third-order valence-electron chi connectivity index (χ3n) is 3.92. The van der Waals surface area contributed by atoms with Crippen molar-refractivity contribution in [1.29, 1.82) is 0 Å². The highest BCUT2D eigenvalue weighted by Crippen LogP contribution is 2.43. The summed E-state index contributed by atoms with van der Waals surface area (Å²) in [6.07, 6.45) is -2.74. The van der Waals surface area contributed by atoms with E-state index in [1.54, 1.807) is 6.07 Å². The topological polar surface area (TPSA) is 26.0 Å². The van der Waals surface area contributed by atoms with Crippen molar-refractivity contribution in [2.75, 3.05) is 0 Å². The first kappa shape index (κ1) is 14.3. The number of halogens is 4. The molecule has 0 aromatic heterocycles. The van der Waals surface area contributed by atoms with Crippen molar-refractivity contribution < 1.29 is 17.6 Å². The van der Waals surface area contributed by atoms with E-state index in [4.69, 9.17) is 5.73 Å². The zero-order chi connectivity index (χ0) is 14.0. The van der Waals surface area contributed by atoms with E-state index in [9.17, 15) is 17.6 Å². The van der Waals surface area contributed by atoms with Gasteiger partial charge in [0.2, 0.25) is 0 Å². The van der Waals surface area contributed by atoms with Gasteiger partial charge in [-0.15, -0.1) is 0 Å². The molecule has 1 aliphatic rings. The molecule has 0 bridgehead atoms. The standard InChI is InChI=1S/C14H17F4N/c15-12-6-2-4-10(8-12)13(19)9-3-1-5-11(7-9)14(16,17)18/h2,4,6,8-9,11,13H,1,3,5,7,19H2. The smallest absolute Gasteiger partial charge is 0.324 e. The van der Waals surface area contributed by atoms with Gasteiger partial charge < -0.3 is 5.73 Å². The van der Waals surface area contributed by atoms with E-state index in [0.717, 1.165) is 0 Å². The highest BCUT2D eigenvalue weighted by molar-refractivity contribution is 5.20. The van der Waals surface area contributed by atoms with Crippen LogP contribution in [0.5, 0.6) is 0 Å². The summed E-state index contributed by atoms with van der Waals surface area (Å²) in [5, 5.41) is 0. The molecule has 2 N–H and O–H groups in total. The number of rotatable bonds is 2. The maximum atomic E-state index is 13.1. The van der Waals surface area contributed by atoms with Crippen molar-refractivity contribution in [3.8, 4) is 0 Å². The van der Waals surface area contributed by atoms with Crippen LogP contribution in [0.2, 0.25) is 0 Å². The largest absolute Gasteiger partial charge is 0.391 e. The molecule has 0 heterocycles. The predicted molar refractivity (Wildman–Crippen MR) is 64.8 cm³/mol. The average Bonchev–Trinajstić information content (AvgIpc) is 2.37. The number of nitrogens with two attached hydrogens (primary N) is 1. The van der Waals surface area contributed by atoms with Crippen molar-refractivity contribution in [2.45, 2.75) is 37.9 Å². The van der Waals surface area contributed by atoms with Gasteiger partial charge in [0.1, 0.15) is 5.82 Å². The first-order valence-electron chi connectivity index (χ1n) is 6.45. The Morgan fingerprint density at radius 3 is 2.58 bits per heavy atom. The molecular formula is C14H17F4N. The van der Waals surface area contributed by atoms with Crippen molar-refractivity contribution in [2.24, 2.45) is 17.6 Å². The third-order valence-corrected chi connectivity index (χ3v) is 3.92. The van der Waals surface area contributed by atoms with Crippen molar-refractivity contribution in [3.63, 3.8) is 0 Å². The van der Waals surface area contributed by atoms with Gasteiger partial charge in [-0.1, -0.05) is 18.6 Å². The number of hydrogen-bond donors (Lipinski definition) is 1. The van der Waals surface area contributed by atoms with Crippen LogP contribution in [-0.2, 0) is 0 Å². The Bertz CT molecular complexity index is 430. The molecule has 2 rings (SSSR count). The van der Waals surface area contributed by atoms with Crippen LogP contribution in [0.4, 0.5) is 17.6 Å². The van der Waals surface area contributed by atoms with Gasteiger partial charge in [0.05, 0.1) is 5.92 Å². The van der Waals surface area contributed by atoms with E-state index in [2.05, 4.69) is 0 Å². The zero-order valence-electron chi connectivity index (χ0n) is 10.5. The van der Waals surface area contributed by atoms with Crippen LogP contribution in [0.25, 0.3) is 0 Å². The third kappa shape index (κ3) is 3.47. The minimum atomic E-state index is -4.15. The first-order chi connectivity index (χ1) is 8.88. The molecule has 0 amide bonds. The Morgan fingerprint density at radius 2 is 1.95 bits per heavy atom. The zero-order valence-corrected chi connectivity index (χ0v) is 10.5. The lowest BCUT2D eigenvalue weighted by Crippen LogP contribution is -2.33. The molecule has 1 saturated carbocycles. The fraction of sp³-hybridized carbons (Fsp3) is 0.571. The first-order valence-corrected chi connectivity index (χ1v) is 6.45. The lowest BCUT2D eigenvalue weighted by Gasteiger charge is -2.34. The maximum absolute atomic E-state index is 13.1. The van der Waals surface area contributed by atoms with Crippen LogP contribution >= 0.6 is 0 Å². The lowest BCUT2D eigenvalue weighted by molar-refractivity contribution is -0.186. The predicted octanol–water partition coefficient (Wildman–Crippen LogP) is 4.19. The number of alkyl halides is 3. The van der Waals surface area contributed by atoms with Gasteiger partial charge in [0.15, 0.2) is 0 Å². The molecule has 1 aromatic carbocycles. The summed E-state index contributed by atoms with van der Waals surface area (Å²) in [6.45, 7) is 0. The van der Waals surface area contributed by atoms with Crippen LogP contribution in [0.3, 0.4) is 0 Å². The van der Waals surface area contributed by atoms with Gasteiger partial charge in [0, 0.05) is 6.04 Å². The van der Waals surface area contributed by atoms with Crippen LogP contribution in [0.15, 0.2) is 24.3 Å². The molecule has 19 heavy (non-hydrogen) atoms. The molecule has 3 atom stereocenters. The lowest BCUT2D eigenvalue weighted by atomic mass is 9.76. The van der Waals surface area contributed by atoms with Gasteiger partial charge in [-0.05, 0) is 42.9 Å². The molecule has 106 valence electrons. The van der Waals surface area contributed by atoms with Crippen molar-refractivity contribution >= 4 is 0 Å². The summed E-state index contributed by atoms with van der Waals surface area (Å²) in [5.41, 5.74) is 6.59. The van der Waals surface area contributed by atoms with E-state index in [1.165, 1.54) is 18.2 Å². The van der Waals surface area contributed by atoms with Gasteiger partial charge >= 0.3 is 6.18 Å². The second-order valence-corrected chi connectivity index (χ2v) is 5.25. The maximum Gasteiger partial charge on any atom is 0.391 e. The Kier molecular flexibility index (Phi) is 4.13. The summed E-state index contributed by atoms with van der Waals surface area (Å²) in [7, 11) is 0. The summed E-state index contributed by atoms with van der Waals surface area (Å²) in [6, 6.07) is 5.29. The van der Waals surface area contributed by atoms with Crippen LogP contribution in [0.1, 0.15) is 37.3 Å². The monoisotopic (exact) mass is 275 g/mol. The summed E-state index contributed by atoms with van der Waals surface area (Å²) in [5.74, 6) is -1.91. The molecule has 1 nitrogen and oxygen atoms in total. The Morgan fingerprint density at radius 1 is 1.21 bits per heavy atom. The quantitative estimate of drug-likeness (QED) is 0.804. The molecule has 1 aromatic rings. The SMILES string of the molecule is NC(c1cccc(F)c1)C1CCCC(C(F)(F)F)C1. The molecule has 3 unspecified atom stereocenters. The van der Waals surface area contributed by atoms with Gasteiger partial charge in [-0.3, -0.25) is 0 Å². The fourth-order valence-electron chi connectivity index (χ4n) is 2.84. The number of hydrogen-bond acceptors (Lipinski definition) is 1. The van der Waals surface area contributed by atoms with E-state index in [1.807, 2.05) is 0 Å². The van der Waals surface area contributed by atoms with E-state index >= 15 is 0 Å². The number of benzene rings is 1. The van der Waals surface area contributed by atoms with E-state index in [-0.39, 0.29) is 18.8 Å². The van der Waals surface area contributed by atoms with Gasteiger partial charge in [-0.2, -0.15) is 13.2 Å². The fourth-order valence-corrected chi connectivity index (χ4v) is 2.84. The van der Waals surface area contributed by atoms with E-state index < -0.39 is 24.0 Å². The highest BCUT2D eigenvalue weighted by atomic mass is 19.4. The second kappa shape index (κ2) is 5.49. The Balaban J connectivity index is 2.09. The molecular weight excluding hydrogens is 258 g/mol. The van der Waals surface area contributed by atoms with Crippen molar-refractivity contribution in [1.82, 2.24) is 0 Å². The molecule has 1 aliphatic carbocycles. The summed E-state index contributed by atoms with van der Waals surface area (Å²) < 4.78 is 51.4. The van der Waals surface area contributed by atoms with Gasteiger partial charge in [-0.25, -0.2) is 4.39 Å². The van der Waals surface area contributed by atoms with Crippen LogP contribution < -0.4 is 5.73 Å². The molecule has 1 fully saturated rings. The average molecular weight is 275 g/mol. The van der Waals surface area contributed by atoms with Crippen molar-refractivity contribution in [3.05, 3.63) is 35.6 Å². The van der Waals surface area contributed by atoms with E-state index in [0.29, 0.717) is 18.4 Å². The molecule has 0 aliphatic heterocycles. The summed E-state index contributed by atoms with van der Waals surface area (Å²) >= 11 is 0. The van der Waals surface area contributed by atoms with Crippen LogP contribution in [0, 0.1) is 17.7 Å². The molecule has 0 spiro atoms. The second-order valence-electron chi connectivity index (χ2n) is 5.25. The minimum absolute atomic E-state index is 0.0428. The molecule has 5 heteroatoms. The Labute approximate surface area is 109 Å². The minimum Gasteiger partial charge on any atom is -0.324 e.